The summed E-state index contributed by atoms with van der Waals surface area (Å²) in [4.78, 5) is 16.0. The van der Waals surface area contributed by atoms with Gasteiger partial charge < -0.3 is 11.1 Å². The van der Waals surface area contributed by atoms with Crippen molar-refractivity contribution >= 4 is 11.6 Å². The number of aromatic amines is 1. The normalized spacial score (nSPS) is 12.1. The minimum absolute atomic E-state index is 0.128. The Morgan fingerprint density at radius 2 is 2.16 bits per heavy atom. The van der Waals surface area contributed by atoms with Crippen molar-refractivity contribution in [3.8, 4) is 0 Å². The van der Waals surface area contributed by atoms with Crippen LogP contribution in [-0.2, 0) is 6.42 Å². The van der Waals surface area contributed by atoms with Gasteiger partial charge in [0.25, 0.3) is 5.91 Å². The van der Waals surface area contributed by atoms with Crippen LogP contribution in [0.5, 0.6) is 0 Å². The molecule has 1 atom stereocenters. The topological polar surface area (TPSA) is 96.7 Å². The number of anilines is 1. The predicted octanol–water partition coefficient (Wildman–Crippen LogP) is 1.44. The second-order valence-corrected chi connectivity index (χ2v) is 4.29. The summed E-state index contributed by atoms with van der Waals surface area (Å²) in [7, 11) is 0. The van der Waals surface area contributed by atoms with Crippen molar-refractivity contribution in [1.82, 2.24) is 20.5 Å². The molecule has 2 aromatic rings. The molecule has 19 heavy (non-hydrogen) atoms. The molecule has 2 rings (SSSR count). The number of aromatic nitrogens is 3. The average Bonchev–Trinajstić information content (AvgIpc) is 2.80. The van der Waals surface area contributed by atoms with E-state index in [-0.39, 0.29) is 17.6 Å². The highest BCUT2D eigenvalue weighted by Gasteiger charge is 2.18. The zero-order chi connectivity index (χ0) is 13.8. The number of pyridine rings is 1. The SMILES string of the molecule is CCc1[nH]nc(C(=O)NC(C)c2ccncc2)c1N. The number of carbonyl (C=O) groups excluding carboxylic acids is 1. The fourth-order valence-electron chi connectivity index (χ4n) is 1.83. The smallest absolute Gasteiger partial charge is 0.274 e. The van der Waals surface area contributed by atoms with Crippen LogP contribution in [0.1, 0.15) is 41.6 Å². The van der Waals surface area contributed by atoms with E-state index >= 15 is 0 Å². The lowest BCUT2D eigenvalue weighted by molar-refractivity contribution is 0.0935. The number of carbonyl (C=O) groups is 1. The van der Waals surface area contributed by atoms with Crippen molar-refractivity contribution < 1.29 is 4.79 Å². The summed E-state index contributed by atoms with van der Waals surface area (Å²) >= 11 is 0. The summed E-state index contributed by atoms with van der Waals surface area (Å²) < 4.78 is 0. The molecule has 0 saturated carbocycles. The van der Waals surface area contributed by atoms with Crippen LogP contribution in [0.3, 0.4) is 0 Å². The first-order valence-corrected chi connectivity index (χ1v) is 6.17. The lowest BCUT2D eigenvalue weighted by Gasteiger charge is -2.13. The Bertz CT molecular complexity index is 564. The van der Waals surface area contributed by atoms with Crippen LogP contribution in [0.4, 0.5) is 5.69 Å². The van der Waals surface area contributed by atoms with Crippen molar-refractivity contribution in [2.24, 2.45) is 0 Å². The number of hydrogen-bond donors (Lipinski definition) is 3. The maximum Gasteiger partial charge on any atom is 0.274 e. The fourth-order valence-corrected chi connectivity index (χ4v) is 1.83. The highest BCUT2D eigenvalue weighted by molar-refractivity contribution is 5.97. The van der Waals surface area contributed by atoms with E-state index < -0.39 is 0 Å². The van der Waals surface area contributed by atoms with Gasteiger partial charge in [-0.1, -0.05) is 6.92 Å². The minimum Gasteiger partial charge on any atom is -0.395 e. The number of amides is 1. The largest absolute Gasteiger partial charge is 0.395 e. The zero-order valence-electron chi connectivity index (χ0n) is 11.0. The van der Waals surface area contributed by atoms with Crippen LogP contribution < -0.4 is 11.1 Å². The molecule has 0 fully saturated rings. The number of hydrogen-bond acceptors (Lipinski definition) is 4. The molecule has 0 aliphatic rings. The van der Waals surface area contributed by atoms with Crippen LogP contribution >= 0.6 is 0 Å². The molecule has 0 bridgehead atoms. The Balaban J connectivity index is 2.11. The van der Waals surface area contributed by atoms with E-state index in [0.29, 0.717) is 12.1 Å². The molecule has 0 spiro atoms. The first kappa shape index (κ1) is 13.1. The number of nitrogen functional groups attached to an aromatic ring is 1. The Morgan fingerprint density at radius 1 is 1.47 bits per heavy atom. The van der Waals surface area contributed by atoms with Gasteiger partial charge in [0.15, 0.2) is 5.69 Å². The highest BCUT2D eigenvalue weighted by atomic mass is 16.2. The van der Waals surface area contributed by atoms with E-state index in [1.807, 2.05) is 26.0 Å². The molecule has 1 unspecified atom stereocenters. The van der Waals surface area contributed by atoms with Gasteiger partial charge in [-0.05, 0) is 31.0 Å². The van der Waals surface area contributed by atoms with Crippen molar-refractivity contribution in [2.45, 2.75) is 26.3 Å². The van der Waals surface area contributed by atoms with Crippen LogP contribution in [-0.4, -0.2) is 21.1 Å². The van der Waals surface area contributed by atoms with Gasteiger partial charge in [-0.25, -0.2) is 0 Å². The summed E-state index contributed by atoms with van der Waals surface area (Å²) in [5, 5.41) is 9.59. The molecule has 0 saturated heterocycles. The maximum absolute atomic E-state index is 12.1. The molecule has 6 nitrogen and oxygen atoms in total. The third kappa shape index (κ3) is 2.73. The Morgan fingerprint density at radius 3 is 2.74 bits per heavy atom. The second-order valence-electron chi connectivity index (χ2n) is 4.29. The van der Waals surface area contributed by atoms with Gasteiger partial charge >= 0.3 is 0 Å². The summed E-state index contributed by atoms with van der Waals surface area (Å²) in [6.07, 6.45) is 4.10. The molecular weight excluding hydrogens is 242 g/mol. The van der Waals surface area contributed by atoms with Crippen molar-refractivity contribution in [3.63, 3.8) is 0 Å². The zero-order valence-corrected chi connectivity index (χ0v) is 11.0. The number of nitrogens with one attached hydrogen (secondary N) is 2. The molecular formula is C13H17N5O. The van der Waals surface area contributed by atoms with Gasteiger partial charge in [0.1, 0.15) is 0 Å². The number of aryl methyl sites for hydroxylation is 1. The Labute approximate surface area is 111 Å². The summed E-state index contributed by atoms with van der Waals surface area (Å²) in [6, 6.07) is 3.59. The van der Waals surface area contributed by atoms with Crippen molar-refractivity contribution in [2.75, 3.05) is 5.73 Å². The van der Waals surface area contributed by atoms with Crippen LogP contribution in [0, 0.1) is 0 Å². The number of rotatable bonds is 4. The molecule has 4 N–H and O–H groups in total. The molecule has 1 amide bonds. The Kier molecular flexibility index (Phi) is 3.79. The van der Waals surface area contributed by atoms with Gasteiger partial charge in [0.2, 0.25) is 0 Å². The van der Waals surface area contributed by atoms with E-state index in [9.17, 15) is 4.79 Å². The fraction of sp³-hybridized carbons (Fsp3) is 0.308. The lowest BCUT2D eigenvalue weighted by atomic mass is 10.1. The van der Waals surface area contributed by atoms with Crippen LogP contribution in [0.2, 0.25) is 0 Å². The van der Waals surface area contributed by atoms with Gasteiger partial charge in [-0.3, -0.25) is 14.9 Å². The molecule has 2 aromatic heterocycles. The second kappa shape index (κ2) is 5.51. The summed E-state index contributed by atoms with van der Waals surface area (Å²) in [5.41, 5.74) is 8.29. The first-order valence-electron chi connectivity index (χ1n) is 6.17. The average molecular weight is 259 g/mol. The highest BCUT2D eigenvalue weighted by Crippen LogP contribution is 2.16. The molecule has 0 aliphatic heterocycles. The van der Waals surface area contributed by atoms with E-state index in [4.69, 9.17) is 5.73 Å². The van der Waals surface area contributed by atoms with E-state index in [2.05, 4.69) is 20.5 Å². The number of H-pyrrole nitrogens is 1. The third-order valence-corrected chi connectivity index (χ3v) is 3.01. The molecule has 0 radical (unpaired) electrons. The van der Waals surface area contributed by atoms with Gasteiger partial charge in [-0.2, -0.15) is 5.10 Å². The molecule has 0 aromatic carbocycles. The summed E-state index contributed by atoms with van der Waals surface area (Å²) in [5.74, 6) is -0.280. The molecule has 2 heterocycles. The van der Waals surface area contributed by atoms with E-state index in [1.165, 1.54) is 0 Å². The van der Waals surface area contributed by atoms with Gasteiger partial charge in [-0.15, -0.1) is 0 Å². The maximum atomic E-state index is 12.1. The lowest BCUT2D eigenvalue weighted by Crippen LogP contribution is -2.27. The quantitative estimate of drug-likeness (QED) is 0.774. The number of nitrogens with two attached hydrogens (primary N) is 1. The predicted molar refractivity (Wildman–Crippen MR) is 72.5 cm³/mol. The standard InChI is InChI=1S/C13H17N5O/c1-3-10-11(14)12(18-17-10)13(19)16-8(2)9-4-6-15-7-5-9/h4-8H,3,14H2,1-2H3,(H,16,19)(H,17,18). The third-order valence-electron chi connectivity index (χ3n) is 3.01. The van der Waals surface area contributed by atoms with E-state index in [0.717, 1.165) is 11.3 Å². The minimum atomic E-state index is -0.280. The monoisotopic (exact) mass is 259 g/mol. The number of nitrogens with zero attached hydrogens (tertiary/aromatic N) is 2. The van der Waals surface area contributed by atoms with Gasteiger partial charge in [0.05, 0.1) is 17.4 Å². The summed E-state index contributed by atoms with van der Waals surface area (Å²) in [6.45, 7) is 3.85. The van der Waals surface area contributed by atoms with Crippen LogP contribution in [0.25, 0.3) is 0 Å². The van der Waals surface area contributed by atoms with Gasteiger partial charge in [0, 0.05) is 12.4 Å². The molecule has 0 aliphatic carbocycles. The van der Waals surface area contributed by atoms with Crippen molar-refractivity contribution in [1.29, 1.82) is 0 Å². The molecule has 100 valence electrons. The van der Waals surface area contributed by atoms with Crippen LogP contribution in [0.15, 0.2) is 24.5 Å². The van der Waals surface area contributed by atoms with E-state index in [1.54, 1.807) is 12.4 Å². The van der Waals surface area contributed by atoms with Crippen molar-refractivity contribution in [3.05, 3.63) is 41.5 Å². The molecule has 6 heteroatoms. The first-order chi connectivity index (χ1) is 9.13. The Hall–Kier alpha value is -2.37.